The molecule has 0 amide bonds. The highest BCUT2D eigenvalue weighted by atomic mass is 35.5. The molecule has 0 unspecified atom stereocenters. The van der Waals surface area contributed by atoms with Crippen molar-refractivity contribution in [3.05, 3.63) is 47.2 Å². The maximum Gasteiger partial charge on any atom is 0.0790 e. The Bertz CT molecular complexity index is 437. The summed E-state index contributed by atoms with van der Waals surface area (Å²) in [6.07, 6.45) is 3.36. The van der Waals surface area contributed by atoms with E-state index < -0.39 is 0 Å². The van der Waals surface area contributed by atoms with Crippen LogP contribution in [0.5, 0.6) is 0 Å². The highest BCUT2D eigenvalue weighted by Crippen LogP contribution is 2.14. The van der Waals surface area contributed by atoms with Crippen molar-refractivity contribution in [1.29, 1.82) is 0 Å². The van der Waals surface area contributed by atoms with Crippen LogP contribution in [0.15, 0.2) is 36.7 Å². The van der Waals surface area contributed by atoms with Crippen LogP contribution in [0, 0.1) is 0 Å². The van der Waals surface area contributed by atoms with Crippen LogP contribution in [0.4, 0.5) is 0 Å². The van der Waals surface area contributed by atoms with Crippen molar-refractivity contribution in [1.82, 2.24) is 9.78 Å². The Morgan fingerprint density at radius 1 is 1.36 bits per heavy atom. The molecule has 1 aromatic heterocycles. The smallest absolute Gasteiger partial charge is 0.0790 e. The Hall–Kier alpha value is -0.990. The molecule has 0 saturated heterocycles. The minimum absolute atomic E-state index is 0.503. The predicted octanol–water partition coefficient (Wildman–Crippen LogP) is 3.26. The molecule has 14 heavy (non-hydrogen) atoms. The quantitative estimate of drug-likeness (QED) is 0.720. The number of alkyl halides is 1. The topological polar surface area (TPSA) is 17.8 Å². The first-order valence-electron chi connectivity index (χ1n) is 4.15. The molecule has 0 radical (unpaired) electrons. The predicted molar refractivity (Wildman–Crippen MR) is 58.1 cm³/mol. The lowest BCUT2D eigenvalue weighted by molar-refractivity contribution is 0.879. The average molecular weight is 227 g/mol. The third-order valence-corrected chi connectivity index (χ3v) is 2.38. The van der Waals surface area contributed by atoms with Gasteiger partial charge in [-0.25, -0.2) is 4.68 Å². The molecule has 0 saturated carbocycles. The largest absolute Gasteiger partial charge is 0.239 e. The van der Waals surface area contributed by atoms with Crippen LogP contribution in [-0.2, 0) is 5.88 Å². The minimum atomic E-state index is 0.503. The zero-order valence-electron chi connectivity index (χ0n) is 7.32. The van der Waals surface area contributed by atoms with Crippen molar-refractivity contribution in [3.63, 3.8) is 0 Å². The van der Waals surface area contributed by atoms with Crippen molar-refractivity contribution in [3.8, 4) is 5.69 Å². The Labute approximate surface area is 92.1 Å². The molecule has 2 rings (SSSR count). The van der Waals surface area contributed by atoms with Gasteiger partial charge in [0, 0.05) is 12.1 Å². The monoisotopic (exact) mass is 226 g/mol. The number of nitrogens with zero attached hydrogens (tertiary/aromatic N) is 2. The summed E-state index contributed by atoms with van der Waals surface area (Å²) in [4.78, 5) is 0. The first-order valence-corrected chi connectivity index (χ1v) is 5.06. The van der Waals surface area contributed by atoms with Crippen molar-refractivity contribution >= 4 is 23.2 Å². The van der Waals surface area contributed by atoms with Crippen LogP contribution in [0.25, 0.3) is 5.69 Å². The van der Waals surface area contributed by atoms with Gasteiger partial charge in [0.05, 0.1) is 16.9 Å². The van der Waals surface area contributed by atoms with E-state index in [1.165, 1.54) is 0 Å². The van der Waals surface area contributed by atoms with Gasteiger partial charge in [-0.3, -0.25) is 0 Å². The summed E-state index contributed by atoms with van der Waals surface area (Å²) in [5.41, 5.74) is 2.03. The van der Waals surface area contributed by atoms with E-state index in [2.05, 4.69) is 5.10 Å². The Morgan fingerprint density at radius 3 is 2.86 bits per heavy atom. The molecule has 1 heterocycles. The van der Waals surface area contributed by atoms with Crippen molar-refractivity contribution in [2.24, 2.45) is 0 Å². The zero-order valence-corrected chi connectivity index (χ0v) is 8.83. The summed E-state index contributed by atoms with van der Waals surface area (Å²) < 4.78 is 1.72. The highest BCUT2D eigenvalue weighted by Gasteiger charge is 1.99. The van der Waals surface area contributed by atoms with E-state index in [1.807, 2.05) is 24.3 Å². The first-order chi connectivity index (χ1) is 6.79. The normalized spacial score (nSPS) is 10.4. The van der Waals surface area contributed by atoms with Crippen LogP contribution in [0.3, 0.4) is 0 Å². The lowest BCUT2D eigenvalue weighted by atomic mass is 10.2. The molecule has 0 fully saturated rings. The van der Waals surface area contributed by atoms with Gasteiger partial charge < -0.3 is 0 Å². The van der Waals surface area contributed by atoms with E-state index in [4.69, 9.17) is 23.2 Å². The van der Waals surface area contributed by atoms with E-state index in [0.717, 1.165) is 11.3 Å². The summed E-state index contributed by atoms with van der Waals surface area (Å²) in [6, 6.07) is 7.86. The molecule has 72 valence electrons. The van der Waals surface area contributed by atoms with E-state index in [-0.39, 0.29) is 0 Å². The van der Waals surface area contributed by atoms with Gasteiger partial charge >= 0.3 is 0 Å². The van der Waals surface area contributed by atoms with Gasteiger partial charge in [-0.1, -0.05) is 23.7 Å². The van der Waals surface area contributed by atoms with Gasteiger partial charge in [-0.15, -0.1) is 11.6 Å². The Morgan fingerprint density at radius 2 is 2.21 bits per heavy atom. The number of benzene rings is 1. The molecule has 0 aliphatic heterocycles. The van der Waals surface area contributed by atoms with Gasteiger partial charge in [-0.2, -0.15) is 5.10 Å². The second-order valence-electron chi connectivity index (χ2n) is 2.91. The van der Waals surface area contributed by atoms with Crippen molar-refractivity contribution < 1.29 is 0 Å². The lowest BCUT2D eigenvalue weighted by Gasteiger charge is -2.02. The number of rotatable bonds is 2. The average Bonchev–Trinajstić information content (AvgIpc) is 2.65. The van der Waals surface area contributed by atoms with E-state index >= 15 is 0 Å². The Balaban J connectivity index is 2.41. The molecule has 0 N–H and O–H groups in total. The summed E-state index contributed by atoms with van der Waals surface area (Å²) >= 11 is 11.5. The van der Waals surface area contributed by atoms with Crippen LogP contribution in [0.2, 0.25) is 5.02 Å². The minimum Gasteiger partial charge on any atom is -0.239 e. The van der Waals surface area contributed by atoms with E-state index in [0.29, 0.717) is 10.9 Å². The molecule has 0 atom stereocenters. The van der Waals surface area contributed by atoms with E-state index in [9.17, 15) is 0 Å². The fourth-order valence-corrected chi connectivity index (χ4v) is 1.53. The molecule has 2 aromatic rings. The van der Waals surface area contributed by atoms with Gasteiger partial charge in [0.25, 0.3) is 0 Å². The third kappa shape index (κ3) is 1.91. The van der Waals surface area contributed by atoms with Crippen LogP contribution < -0.4 is 0 Å². The molecule has 0 aliphatic carbocycles. The van der Waals surface area contributed by atoms with Crippen LogP contribution in [0.1, 0.15) is 5.56 Å². The third-order valence-electron chi connectivity index (χ3n) is 1.88. The number of hydrogen-bond donors (Lipinski definition) is 0. The van der Waals surface area contributed by atoms with Gasteiger partial charge in [0.1, 0.15) is 0 Å². The van der Waals surface area contributed by atoms with Crippen LogP contribution >= 0.6 is 23.2 Å². The molecular weight excluding hydrogens is 219 g/mol. The van der Waals surface area contributed by atoms with Crippen molar-refractivity contribution in [2.75, 3.05) is 0 Å². The molecule has 2 nitrogen and oxygen atoms in total. The number of hydrogen-bond acceptors (Lipinski definition) is 1. The SMILES string of the molecule is ClCc1cccc(-n2cc(Cl)cn2)c1. The number of halogens is 2. The second-order valence-corrected chi connectivity index (χ2v) is 3.61. The number of aromatic nitrogens is 2. The standard InChI is InChI=1S/C10H8Cl2N2/c11-5-8-2-1-3-10(4-8)14-7-9(12)6-13-14/h1-4,6-7H,5H2. The molecule has 0 bridgehead atoms. The fraction of sp³-hybridized carbons (Fsp3) is 0.100. The summed E-state index contributed by atoms with van der Waals surface area (Å²) in [7, 11) is 0. The highest BCUT2D eigenvalue weighted by molar-refractivity contribution is 6.30. The molecular formula is C10H8Cl2N2. The second kappa shape index (κ2) is 4.03. The summed E-state index contributed by atoms with van der Waals surface area (Å²) in [5, 5.41) is 4.73. The maximum atomic E-state index is 5.77. The molecule has 4 heteroatoms. The Kier molecular flexibility index (Phi) is 2.75. The molecule has 0 aliphatic rings. The summed E-state index contributed by atoms with van der Waals surface area (Å²) in [6.45, 7) is 0. The first kappa shape index (κ1) is 9.56. The van der Waals surface area contributed by atoms with Gasteiger partial charge in [0.2, 0.25) is 0 Å². The maximum absolute atomic E-state index is 5.77. The fourth-order valence-electron chi connectivity index (χ4n) is 1.22. The van der Waals surface area contributed by atoms with Gasteiger partial charge in [0.15, 0.2) is 0 Å². The lowest BCUT2D eigenvalue weighted by Crippen LogP contribution is -1.94. The van der Waals surface area contributed by atoms with Gasteiger partial charge in [-0.05, 0) is 17.7 Å². The zero-order chi connectivity index (χ0) is 9.97. The van der Waals surface area contributed by atoms with Crippen LogP contribution in [-0.4, -0.2) is 9.78 Å². The molecule has 0 spiro atoms. The van der Waals surface area contributed by atoms with Crippen molar-refractivity contribution in [2.45, 2.75) is 5.88 Å². The van der Waals surface area contributed by atoms with E-state index in [1.54, 1.807) is 17.1 Å². The molecule has 1 aromatic carbocycles. The summed E-state index contributed by atoms with van der Waals surface area (Å²) in [5.74, 6) is 0.503.